The summed E-state index contributed by atoms with van der Waals surface area (Å²) in [6, 6.07) is 0. The molecule has 6 heteroatoms. The van der Waals surface area contributed by atoms with Crippen molar-refractivity contribution < 1.29 is 29.3 Å². The van der Waals surface area contributed by atoms with Crippen molar-refractivity contribution in [1.82, 2.24) is 0 Å². The lowest BCUT2D eigenvalue weighted by Gasteiger charge is -2.59. The van der Waals surface area contributed by atoms with Crippen LogP contribution in [0.25, 0.3) is 0 Å². The maximum absolute atomic E-state index is 12.6. The zero-order chi connectivity index (χ0) is 15.8. The first-order valence-corrected chi connectivity index (χ1v) is 7.20. The molecule has 116 valence electrons. The normalized spacial score (nSPS) is 53.2. The smallest absolute Gasteiger partial charge is 0.306 e. The predicted octanol–water partition coefficient (Wildman–Crippen LogP) is -0.0102. The molecule has 0 spiro atoms. The maximum atomic E-state index is 12.6. The molecule has 21 heavy (non-hydrogen) atoms. The van der Waals surface area contributed by atoms with E-state index in [1.54, 1.807) is 6.92 Å². The minimum absolute atomic E-state index is 0.0999. The molecule has 0 amide bonds. The Labute approximate surface area is 122 Å². The zero-order valence-corrected chi connectivity index (χ0v) is 12.4. The summed E-state index contributed by atoms with van der Waals surface area (Å²) in [5.41, 5.74) is -6.56. The van der Waals surface area contributed by atoms with Gasteiger partial charge in [-0.2, -0.15) is 0 Å². The Morgan fingerprint density at radius 3 is 2.33 bits per heavy atom. The number of ketones is 2. The first kappa shape index (κ1) is 14.7. The molecule has 6 nitrogen and oxygen atoms in total. The monoisotopic (exact) mass is 296 g/mol. The van der Waals surface area contributed by atoms with Gasteiger partial charge in [0.2, 0.25) is 0 Å². The number of aliphatic hydroxyl groups is 2. The van der Waals surface area contributed by atoms with Gasteiger partial charge in [-0.05, 0) is 19.8 Å². The molecule has 3 aliphatic rings. The lowest BCUT2D eigenvalue weighted by atomic mass is 9.46. The van der Waals surface area contributed by atoms with E-state index in [4.69, 9.17) is 4.74 Å². The van der Waals surface area contributed by atoms with E-state index in [9.17, 15) is 24.6 Å². The fraction of sp³-hybridized carbons (Fsp3) is 0.800. The second-order valence-corrected chi connectivity index (χ2v) is 7.24. The van der Waals surface area contributed by atoms with E-state index in [2.05, 4.69) is 0 Å². The van der Waals surface area contributed by atoms with E-state index in [1.165, 1.54) is 13.8 Å². The number of hydrogen-bond acceptors (Lipinski definition) is 6. The van der Waals surface area contributed by atoms with Gasteiger partial charge in [-0.15, -0.1) is 0 Å². The minimum Gasteiger partial charge on any atom is -0.465 e. The Kier molecular flexibility index (Phi) is 2.60. The molecule has 2 bridgehead atoms. The van der Waals surface area contributed by atoms with Crippen LogP contribution in [0.2, 0.25) is 0 Å². The SMILES string of the molecule is C[C@@H]1CC(=O)[C@]2(O)C3(C)COC(=O)C[C@]12CC(=O)[C@]3(C)O. The van der Waals surface area contributed by atoms with Crippen LogP contribution in [-0.4, -0.2) is 45.6 Å². The van der Waals surface area contributed by atoms with Gasteiger partial charge in [-0.3, -0.25) is 14.4 Å². The third-order valence-corrected chi connectivity index (χ3v) is 6.43. The Morgan fingerprint density at radius 2 is 1.71 bits per heavy atom. The van der Waals surface area contributed by atoms with Crippen molar-refractivity contribution in [2.24, 2.45) is 16.7 Å². The summed E-state index contributed by atoms with van der Waals surface area (Å²) in [5.74, 6) is -1.72. The summed E-state index contributed by atoms with van der Waals surface area (Å²) >= 11 is 0. The molecule has 2 aliphatic carbocycles. The summed E-state index contributed by atoms with van der Waals surface area (Å²) in [7, 11) is 0. The molecule has 3 rings (SSSR count). The summed E-state index contributed by atoms with van der Waals surface area (Å²) in [6.45, 7) is 4.18. The van der Waals surface area contributed by atoms with Crippen LogP contribution in [0.4, 0.5) is 0 Å². The van der Waals surface area contributed by atoms with Gasteiger partial charge in [0, 0.05) is 18.3 Å². The highest BCUT2D eigenvalue weighted by atomic mass is 16.5. The highest BCUT2D eigenvalue weighted by Crippen LogP contribution is 2.67. The average molecular weight is 296 g/mol. The highest BCUT2D eigenvalue weighted by molar-refractivity contribution is 6.01. The molecule has 0 aromatic rings. The Bertz CT molecular complexity index is 567. The van der Waals surface area contributed by atoms with E-state index in [1.807, 2.05) is 0 Å². The number of hydrogen-bond donors (Lipinski definition) is 2. The third-order valence-electron chi connectivity index (χ3n) is 6.43. The summed E-state index contributed by atoms with van der Waals surface area (Å²) in [5, 5.41) is 22.0. The highest BCUT2D eigenvalue weighted by Gasteiger charge is 2.80. The van der Waals surface area contributed by atoms with Crippen LogP contribution in [0.15, 0.2) is 0 Å². The molecule has 1 unspecified atom stereocenters. The van der Waals surface area contributed by atoms with Crippen LogP contribution < -0.4 is 0 Å². The Balaban J connectivity index is 2.35. The molecule has 1 heterocycles. The number of esters is 1. The zero-order valence-electron chi connectivity index (χ0n) is 12.4. The molecule has 2 saturated carbocycles. The Hall–Kier alpha value is -1.27. The summed E-state index contributed by atoms with van der Waals surface area (Å²) in [6.07, 6.45) is -0.259. The van der Waals surface area contributed by atoms with Gasteiger partial charge in [0.1, 0.15) is 17.8 Å². The fourth-order valence-electron chi connectivity index (χ4n) is 4.68. The van der Waals surface area contributed by atoms with Crippen molar-refractivity contribution in [3.8, 4) is 0 Å². The van der Waals surface area contributed by atoms with Gasteiger partial charge in [0.05, 0.1) is 11.8 Å². The molecule has 3 fully saturated rings. The first-order chi connectivity index (χ1) is 9.53. The van der Waals surface area contributed by atoms with Crippen molar-refractivity contribution in [3.63, 3.8) is 0 Å². The maximum Gasteiger partial charge on any atom is 0.306 e. The molecule has 0 radical (unpaired) electrons. The molecular formula is C15H20O6. The average Bonchev–Trinajstić information content (AvgIpc) is 2.52. The Morgan fingerprint density at radius 1 is 1.10 bits per heavy atom. The first-order valence-electron chi connectivity index (χ1n) is 7.20. The number of cyclic esters (lactones) is 1. The second-order valence-electron chi connectivity index (χ2n) is 7.24. The van der Waals surface area contributed by atoms with Crippen LogP contribution in [0.1, 0.15) is 40.0 Å². The van der Waals surface area contributed by atoms with E-state index in [0.29, 0.717) is 0 Å². The molecule has 1 saturated heterocycles. The van der Waals surface area contributed by atoms with Crippen molar-refractivity contribution in [1.29, 1.82) is 0 Å². The van der Waals surface area contributed by atoms with Gasteiger partial charge in [-0.25, -0.2) is 0 Å². The lowest BCUT2D eigenvalue weighted by molar-refractivity contribution is -0.242. The van der Waals surface area contributed by atoms with Crippen molar-refractivity contribution in [2.45, 2.75) is 51.2 Å². The summed E-state index contributed by atoms with van der Waals surface area (Å²) in [4.78, 5) is 37.0. The van der Waals surface area contributed by atoms with Gasteiger partial charge < -0.3 is 14.9 Å². The lowest BCUT2D eigenvalue weighted by Crippen LogP contribution is -2.75. The molecule has 1 aliphatic heterocycles. The number of ether oxygens (including phenoxy) is 1. The predicted molar refractivity (Wildman–Crippen MR) is 70.1 cm³/mol. The van der Waals surface area contributed by atoms with E-state index in [-0.39, 0.29) is 31.8 Å². The van der Waals surface area contributed by atoms with Crippen LogP contribution in [-0.2, 0) is 19.1 Å². The van der Waals surface area contributed by atoms with Crippen LogP contribution in [0.5, 0.6) is 0 Å². The second kappa shape index (κ2) is 3.73. The molecule has 0 aromatic heterocycles. The van der Waals surface area contributed by atoms with Gasteiger partial charge >= 0.3 is 5.97 Å². The quantitative estimate of drug-likeness (QED) is 0.610. The topological polar surface area (TPSA) is 101 Å². The summed E-state index contributed by atoms with van der Waals surface area (Å²) < 4.78 is 5.13. The van der Waals surface area contributed by atoms with Gasteiger partial charge in [0.15, 0.2) is 11.6 Å². The molecule has 0 aromatic carbocycles. The van der Waals surface area contributed by atoms with Crippen molar-refractivity contribution in [3.05, 3.63) is 0 Å². The minimum atomic E-state index is -1.93. The van der Waals surface area contributed by atoms with Crippen LogP contribution in [0, 0.1) is 16.7 Å². The molecule has 5 atom stereocenters. The number of carbonyl (C=O) groups is 3. The largest absolute Gasteiger partial charge is 0.465 e. The third kappa shape index (κ3) is 1.29. The van der Waals surface area contributed by atoms with E-state index in [0.717, 1.165) is 0 Å². The van der Waals surface area contributed by atoms with Gasteiger partial charge in [-0.1, -0.05) is 6.92 Å². The molecule has 2 N–H and O–H groups in total. The number of carbonyl (C=O) groups excluding carboxylic acids is 3. The van der Waals surface area contributed by atoms with E-state index >= 15 is 0 Å². The van der Waals surface area contributed by atoms with Gasteiger partial charge in [0.25, 0.3) is 0 Å². The standard InChI is InChI=1S/C15H20O6/c1-8-4-9(16)15(20)12(2)7-21-11(18)6-14(8,15)5-10(17)13(12,3)19/h8,19-20H,4-7H2,1-3H3/t8-,12?,13+,14-,15+/m1/s1. The fourth-order valence-corrected chi connectivity index (χ4v) is 4.68. The number of Topliss-reactive ketones (excluding diaryl/α,β-unsaturated/α-hetero) is 2. The number of rotatable bonds is 0. The van der Waals surface area contributed by atoms with Crippen molar-refractivity contribution >= 4 is 17.5 Å². The van der Waals surface area contributed by atoms with E-state index < -0.39 is 39.6 Å². The van der Waals surface area contributed by atoms with Crippen LogP contribution in [0.3, 0.4) is 0 Å². The van der Waals surface area contributed by atoms with Crippen LogP contribution >= 0.6 is 0 Å². The molecular weight excluding hydrogens is 276 g/mol. The van der Waals surface area contributed by atoms with Crippen molar-refractivity contribution in [2.75, 3.05) is 6.61 Å².